The van der Waals surface area contributed by atoms with Crippen LogP contribution in [-0.2, 0) is 24.0 Å². The summed E-state index contributed by atoms with van der Waals surface area (Å²) in [7, 11) is 0. The number of thiazole rings is 1. The SMILES string of the molecule is CC(C)(O/N=C(/C(=O)N[C@@H]1C(=O)N2C(C(=O)[O-])=C(C[N+]3(CCNC(=O)c4cc(=O)c(O)c[nH]4)CCCC3)CS[C@H]12)c1csc(N)n1)C(=O)[O-].[Na+]. The second-order valence-electron chi connectivity index (χ2n) is 12.2. The second-order valence-corrected chi connectivity index (χ2v) is 14.2. The van der Waals surface area contributed by atoms with Crippen molar-refractivity contribution in [2.75, 3.05) is 44.2 Å². The molecule has 50 heavy (non-hydrogen) atoms. The van der Waals surface area contributed by atoms with Gasteiger partial charge in [-0.15, -0.1) is 23.1 Å². The number of nitrogens with two attached hydrogens (primary N) is 1. The molecule has 3 aliphatic rings. The minimum Gasteiger partial charge on any atom is -0.546 e. The largest absolute Gasteiger partial charge is 1.00 e. The van der Waals surface area contributed by atoms with Gasteiger partial charge in [0.25, 0.3) is 17.7 Å². The Morgan fingerprint density at radius 2 is 1.94 bits per heavy atom. The molecule has 262 valence electrons. The number of rotatable bonds is 13. The summed E-state index contributed by atoms with van der Waals surface area (Å²) < 4.78 is 0.449. The minimum atomic E-state index is -1.91. The zero-order valence-corrected chi connectivity index (χ0v) is 31.0. The van der Waals surface area contributed by atoms with E-state index in [0.29, 0.717) is 29.7 Å². The summed E-state index contributed by atoms with van der Waals surface area (Å²) in [6, 6.07) is -0.161. The summed E-state index contributed by atoms with van der Waals surface area (Å²) >= 11 is 2.25. The average Bonchev–Trinajstić information content (AvgIpc) is 3.69. The molecule has 2 atom stereocenters. The number of aromatic hydroxyl groups is 1. The number of aliphatic carboxylic acids is 2. The molecule has 5 rings (SSSR count). The standard InChI is InChI=1S/C29H34N8O10S2.Na/c1-29(2,27(45)46)47-35-19(16-13-49-28(30)33-16)23(41)34-20-24(42)36-21(26(43)44)14(12-48-25(20)36)11-37(6-3-4-7-37)8-5-31-22(40)15-9-17(38)18(39)10-32-15;/h9-10,13,20,25H,3-8,11-12H2,1-2H3,(H7-,30,31,32,33,34,35,38,39,40,41,43,44,45,46);/q;+1/p-1/t20-,25-;/m1./s1. The molecule has 2 aromatic rings. The van der Waals surface area contributed by atoms with Gasteiger partial charge in [0.05, 0.1) is 43.8 Å². The molecule has 0 bridgehead atoms. The first-order valence-corrected chi connectivity index (χ1v) is 17.0. The molecular formula is C29H33N8NaO10S2. The van der Waals surface area contributed by atoms with Crippen molar-refractivity contribution in [3.63, 3.8) is 0 Å². The number of fused-ring (bicyclic) bond motifs is 1. The number of thioether (sulfide) groups is 1. The quantitative estimate of drug-likeness (QED) is 0.0421. The number of aromatic amines is 1. The van der Waals surface area contributed by atoms with Crippen molar-refractivity contribution in [1.29, 1.82) is 0 Å². The van der Waals surface area contributed by atoms with E-state index in [9.17, 15) is 44.1 Å². The zero-order chi connectivity index (χ0) is 35.7. The van der Waals surface area contributed by atoms with Gasteiger partial charge in [0, 0.05) is 41.8 Å². The number of carbonyl (C=O) groups is 5. The second kappa shape index (κ2) is 15.5. The molecule has 3 amide bonds. The predicted molar refractivity (Wildman–Crippen MR) is 170 cm³/mol. The Morgan fingerprint density at radius 1 is 1.24 bits per heavy atom. The first-order chi connectivity index (χ1) is 23.1. The maximum absolute atomic E-state index is 13.4. The van der Waals surface area contributed by atoms with Gasteiger partial charge in [0.15, 0.2) is 22.2 Å². The number of H-pyrrole nitrogens is 1. The fraction of sp³-hybridized carbons (Fsp3) is 0.448. The van der Waals surface area contributed by atoms with Crippen molar-refractivity contribution in [1.82, 2.24) is 25.5 Å². The van der Waals surface area contributed by atoms with E-state index in [4.69, 9.17) is 10.6 Å². The zero-order valence-electron chi connectivity index (χ0n) is 27.3. The smallest absolute Gasteiger partial charge is 0.546 e. The van der Waals surface area contributed by atoms with Gasteiger partial charge >= 0.3 is 29.6 Å². The number of nitrogen functional groups attached to an aromatic ring is 1. The Bertz CT molecular complexity index is 1820. The van der Waals surface area contributed by atoms with Crippen molar-refractivity contribution in [3.05, 3.63) is 50.5 Å². The molecule has 2 saturated heterocycles. The number of carbonyl (C=O) groups excluding carboxylic acids is 5. The molecule has 0 radical (unpaired) electrons. The van der Waals surface area contributed by atoms with Gasteiger partial charge in [-0.3, -0.25) is 24.1 Å². The summed E-state index contributed by atoms with van der Waals surface area (Å²) in [6.07, 6.45) is 2.77. The van der Waals surface area contributed by atoms with E-state index in [1.165, 1.54) is 31.0 Å². The number of β-lactam (4-membered cyclic amide) rings is 1. The van der Waals surface area contributed by atoms with Crippen LogP contribution >= 0.6 is 23.1 Å². The van der Waals surface area contributed by atoms with E-state index in [-0.39, 0.29) is 70.6 Å². The Morgan fingerprint density at radius 3 is 2.54 bits per heavy atom. The van der Waals surface area contributed by atoms with Gasteiger partial charge in [-0.1, -0.05) is 5.16 Å². The summed E-state index contributed by atoms with van der Waals surface area (Å²) in [4.78, 5) is 87.6. The third-order valence-corrected chi connectivity index (χ3v) is 10.4. The van der Waals surface area contributed by atoms with E-state index in [0.717, 1.165) is 41.3 Å². The molecule has 0 aliphatic carbocycles. The molecule has 0 spiro atoms. The molecule has 2 aromatic heterocycles. The Kier molecular flexibility index (Phi) is 12.1. The Labute approximate surface area is 315 Å². The summed E-state index contributed by atoms with van der Waals surface area (Å²) in [5.41, 5.74) is 2.80. The maximum Gasteiger partial charge on any atom is 1.00 e. The molecule has 2 fully saturated rings. The number of nitrogens with zero attached hydrogens (tertiary/aromatic N) is 4. The summed E-state index contributed by atoms with van der Waals surface area (Å²) in [5, 5.41) is 43.0. The molecule has 3 aliphatic heterocycles. The third-order valence-electron chi connectivity index (χ3n) is 8.41. The summed E-state index contributed by atoms with van der Waals surface area (Å²) in [6.45, 7) is 4.68. The van der Waals surface area contributed by atoms with Crippen LogP contribution in [0, 0.1) is 0 Å². The normalized spacial score (nSPS) is 19.9. The minimum absolute atomic E-state index is 0. The van der Waals surface area contributed by atoms with Crippen molar-refractivity contribution in [2.45, 2.75) is 43.7 Å². The number of anilines is 1. The number of nitrogens with one attached hydrogen (secondary N) is 3. The van der Waals surface area contributed by atoms with E-state index in [1.54, 1.807) is 0 Å². The van der Waals surface area contributed by atoms with Crippen molar-refractivity contribution >= 4 is 63.6 Å². The number of amides is 3. The molecule has 5 heterocycles. The number of carboxylic acids is 2. The number of likely N-dealkylation sites (tertiary alicyclic amines) is 1. The first kappa shape index (κ1) is 38.8. The molecule has 18 nitrogen and oxygen atoms in total. The van der Waals surface area contributed by atoms with Crippen LogP contribution in [0.25, 0.3) is 0 Å². The fourth-order valence-corrected chi connectivity index (χ4v) is 7.65. The number of oxime groups is 1. The molecule has 6 N–H and O–H groups in total. The van der Waals surface area contributed by atoms with Crippen molar-refractivity contribution < 1.29 is 78.2 Å². The van der Waals surface area contributed by atoms with E-state index in [2.05, 4.69) is 25.8 Å². The number of carboxylic acid groups (broad SMARTS) is 2. The van der Waals surface area contributed by atoms with Gasteiger partial charge in [-0.05, 0) is 13.8 Å². The van der Waals surface area contributed by atoms with E-state index in [1.807, 2.05) is 0 Å². The van der Waals surface area contributed by atoms with Gasteiger partial charge in [0.1, 0.15) is 29.3 Å². The molecular weight excluding hydrogens is 707 g/mol. The van der Waals surface area contributed by atoms with Crippen LogP contribution in [0.5, 0.6) is 5.75 Å². The number of hydrogen-bond donors (Lipinski definition) is 5. The van der Waals surface area contributed by atoms with Crippen LogP contribution in [0.15, 0.2) is 38.9 Å². The van der Waals surface area contributed by atoms with E-state index >= 15 is 0 Å². The predicted octanol–water partition coefficient (Wildman–Crippen LogP) is -6.18. The Hall–Kier alpha value is -3.95. The van der Waals surface area contributed by atoms with Gasteiger partial charge in [0.2, 0.25) is 5.43 Å². The molecule has 0 saturated carbocycles. The van der Waals surface area contributed by atoms with Crippen molar-refractivity contribution in [3.8, 4) is 5.75 Å². The first-order valence-electron chi connectivity index (χ1n) is 15.1. The Balaban J connectivity index is 0.00000562. The molecule has 0 unspecified atom stereocenters. The fourth-order valence-electron chi connectivity index (χ4n) is 5.77. The van der Waals surface area contributed by atoms with Crippen LogP contribution in [0.4, 0.5) is 5.13 Å². The molecule has 21 heteroatoms. The van der Waals surface area contributed by atoms with Crippen LogP contribution in [0.3, 0.4) is 0 Å². The van der Waals surface area contributed by atoms with Crippen molar-refractivity contribution in [2.24, 2.45) is 5.16 Å². The van der Waals surface area contributed by atoms with Crippen LogP contribution in [0.2, 0.25) is 0 Å². The van der Waals surface area contributed by atoms with Crippen LogP contribution in [-0.4, -0.2) is 115 Å². The number of quaternary nitrogens is 1. The van der Waals surface area contributed by atoms with Gasteiger partial charge in [-0.2, -0.15) is 0 Å². The van der Waals surface area contributed by atoms with Gasteiger partial charge < -0.3 is 55.6 Å². The number of aromatic nitrogens is 2. The average molecular weight is 741 g/mol. The number of pyridine rings is 1. The monoisotopic (exact) mass is 740 g/mol. The number of hydrogen-bond acceptors (Lipinski definition) is 15. The molecule has 0 aromatic carbocycles. The van der Waals surface area contributed by atoms with Crippen LogP contribution in [0.1, 0.15) is 42.9 Å². The summed E-state index contributed by atoms with van der Waals surface area (Å²) in [5.74, 6) is -5.59. The van der Waals surface area contributed by atoms with E-state index < -0.39 is 63.6 Å². The van der Waals surface area contributed by atoms with Gasteiger partial charge in [-0.25, -0.2) is 4.98 Å². The van der Waals surface area contributed by atoms with Crippen LogP contribution < -0.4 is 61.6 Å². The third kappa shape index (κ3) is 8.16. The topological polar surface area (TPSA) is 272 Å². The maximum atomic E-state index is 13.4.